The Bertz CT molecular complexity index is 548. The number of hydrogen-bond acceptors (Lipinski definition) is 3. The molecular formula is C12H14FN3O4. The molecule has 0 fully saturated rings. The molecule has 0 spiro atoms. The van der Waals surface area contributed by atoms with E-state index in [1.54, 1.807) is 13.0 Å². The molecule has 1 rings (SSSR count). The molecule has 0 aliphatic carbocycles. The number of carbonyl (C=O) groups is 3. The van der Waals surface area contributed by atoms with Gasteiger partial charge in [-0.05, 0) is 24.6 Å². The van der Waals surface area contributed by atoms with Crippen molar-refractivity contribution in [2.24, 2.45) is 5.73 Å². The molecule has 1 aromatic rings. The zero-order chi connectivity index (χ0) is 15.3. The highest BCUT2D eigenvalue weighted by Gasteiger charge is 2.22. The first-order valence-electron chi connectivity index (χ1n) is 5.64. The van der Waals surface area contributed by atoms with Crippen molar-refractivity contribution >= 4 is 23.6 Å². The van der Waals surface area contributed by atoms with Gasteiger partial charge in [0.1, 0.15) is 11.9 Å². The third-order valence-electron chi connectivity index (χ3n) is 2.38. The molecule has 0 bridgehead atoms. The summed E-state index contributed by atoms with van der Waals surface area (Å²) < 4.78 is 13.5. The number of halogens is 1. The maximum atomic E-state index is 13.5. The third-order valence-corrected chi connectivity index (χ3v) is 2.38. The summed E-state index contributed by atoms with van der Waals surface area (Å²) in [5.41, 5.74) is 5.44. The molecule has 1 atom stereocenters. The molecule has 0 radical (unpaired) electrons. The van der Waals surface area contributed by atoms with E-state index >= 15 is 0 Å². The van der Waals surface area contributed by atoms with Crippen molar-refractivity contribution in [1.82, 2.24) is 5.32 Å². The molecule has 0 heterocycles. The Balaban J connectivity index is 2.70. The van der Waals surface area contributed by atoms with Crippen molar-refractivity contribution < 1.29 is 23.9 Å². The monoisotopic (exact) mass is 283 g/mol. The second-order valence-electron chi connectivity index (χ2n) is 4.14. The number of anilines is 1. The third kappa shape index (κ3) is 4.56. The van der Waals surface area contributed by atoms with Gasteiger partial charge in [0.15, 0.2) is 0 Å². The van der Waals surface area contributed by atoms with E-state index in [0.29, 0.717) is 5.56 Å². The van der Waals surface area contributed by atoms with Crippen LogP contribution >= 0.6 is 0 Å². The van der Waals surface area contributed by atoms with Crippen LogP contribution in [-0.4, -0.2) is 29.1 Å². The maximum absolute atomic E-state index is 13.5. The van der Waals surface area contributed by atoms with E-state index in [1.165, 1.54) is 12.1 Å². The molecule has 3 amide bonds. The van der Waals surface area contributed by atoms with Crippen LogP contribution in [0.5, 0.6) is 0 Å². The lowest BCUT2D eigenvalue weighted by Crippen LogP contribution is -2.45. The van der Waals surface area contributed by atoms with Gasteiger partial charge < -0.3 is 21.5 Å². The molecule has 20 heavy (non-hydrogen) atoms. The lowest BCUT2D eigenvalue weighted by molar-refractivity contribution is -0.140. The fraction of sp³-hybridized carbons (Fsp3) is 0.250. The molecule has 0 saturated carbocycles. The molecule has 0 aromatic heterocycles. The molecule has 7 nitrogen and oxygen atoms in total. The molecule has 0 unspecified atom stereocenters. The number of carbonyl (C=O) groups excluding carboxylic acids is 2. The summed E-state index contributed by atoms with van der Waals surface area (Å²) in [6, 6.07) is 1.72. The molecule has 8 heteroatoms. The van der Waals surface area contributed by atoms with Gasteiger partial charge in [0.05, 0.1) is 12.1 Å². The predicted octanol–water partition coefficient (Wildman–Crippen LogP) is 0.584. The Morgan fingerprint density at radius 2 is 2.05 bits per heavy atom. The standard InChI is InChI=1S/C12H14FN3O4/c1-6-2-3-8(7(13)4-6)15-12(20)16-9(11(18)19)5-10(14)17/h2-4,9H,5H2,1H3,(H2,14,17)(H,18,19)(H2,15,16,20)/t9-/m1/s1. The van der Waals surface area contributed by atoms with Gasteiger partial charge in [-0.2, -0.15) is 0 Å². The molecule has 5 N–H and O–H groups in total. The average Bonchev–Trinajstić information content (AvgIpc) is 2.31. The maximum Gasteiger partial charge on any atom is 0.326 e. The predicted molar refractivity (Wildman–Crippen MR) is 68.5 cm³/mol. The number of rotatable bonds is 5. The van der Waals surface area contributed by atoms with Crippen molar-refractivity contribution in [3.63, 3.8) is 0 Å². The summed E-state index contributed by atoms with van der Waals surface area (Å²) in [5, 5.41) is 13.0. The quantitative estimate of drug-likeness (QED) is 0.631. The summed E-state index contributed by atoms with van der Waals surface area (Å²) in [4.78, 5) is 33.0. The zero-order valence-corrected chi connectivity index (χ0v) is 10.6. The molecule has 1 aromatic carbocycles. The van der Waals surface area contributed by atoms with Crippen molar-refractivity contribution in [2.45, 2.75) is 19.4 Å². The highest BCUT2D eigenvalue weighted by atomic mass is 19.1. The minimum absolute atomic E-state index is 0.101. The van der Waals surface area contributed by atoms with Crippen LogP contribution in [0.3, 0.4) is 0 Å². The minimum atomic E-state index is -1.47. The average molecular weight is 283 g/mol. The van der Waals surface area contributed by atoms with E-state index in [2.05, 4.69) is 5.32 Å². The van der Waals surface area contributed by atoms with Crippen molar-refractivity contribution in [3.05, 3.63) is 29.6 Å². The summed E-state index contributed by atoms with van der Waals surface area (Å²) >= 11 is 0. The highest BCUT2D eigenvalue weighted by molar-refractivity contribution is 5.93. The number of nitrogens with one attached hydrogen (secondary N) is 2. The van der Waals surface area contributed by atoms with E-state index < -0.39 is 36.2 Å². The largest absolute Gasteiger partial charge is 0.480 e. The number of hydrogen-bond donors (Lipinski definition) is 4. The highest BCUT2D eigenvalue weighted by Crippen LogP contribution is 2.14. The van der Waals surface area contributed by atoms with E-state index in [9.17, 15) is 18.8 Å². The van der Waals surface area contributed by atoms with Crippen LogP contribution in [0.25, 0.3) is 0 Å². The SMILES string of the molecule is Cc1ccc(NC(=O)N[C@H](CC(N)=O)C(=O)O)c(F)c1. The first-order chi connectivity index (χ1) is 9.29. The summed E-state index contributed by atoms with van der Waals surface area (Å²) in [7, 11) is 0. The van der Waals surface area contributed by atoms with Gasteiger partial charge in [-0.1, -0.05) is 6.07 Å². The van der Waals surface area contributed by atoms with Crippen LogP contribution in [0.1, 0.15) is 12.0 Å². The van der Waals surface area contributed by atoms with E-state index in [1.807, 2.05) is 5.32 Å². The smallest absolute Gasteiger partial charge is 0.326 e. The first kappa shape index (κ1) is 15.4. The van der Waals surface area contributed by atoms with E-state index in [-0.39, 0.29) is 5.69 Å². The number of benzene rings is 1. The number of amides is 3. The summed E-state index contributed by atoms with van der Waals surface area (Å²) in [6.45, 7) is 1.68. The fourth-order valence-electron chi connectivity index (χ4n) is 1.44. The van der Waals surface area contributed by atoms with E-state index in [0.717, 1.165) is 0 Å². The van der Waals surface area contributed by atoms with Crippen LogP contribution in [-0.2, 0) is 9.59 Å². The van der Waals surface area contributed by atoms with Crippen LogP contribution in [0.15, 0.2) is 18.2 Å². The zero-order valence-electron chi connectivity index (χ0n) is 10.6. The number of carboxylic acid groups (broad SMARTS) is 1. The Kier molecular flexibility index (Phi) is 5.01. The number of nitrogens with two attached hydrogens (primary N) is 1. The van der Waals surface area contributed by atoms with Crippen molar-refractivity contribution in [3.8, 4) is 0 Å². The van der Waals surface area contributed by atoms with Crippen molar-refractivity contribution in [2.75, 3.05) is 5.32 Å². The molecule has 0 aliphatic rings. The van der Waals surface area contributed by atoms with Gasteiger partial charge in [-0.25, -0.2) is 14.0 Å². The number of aryl methyl sites for hydroxylation is 1. The topological polar surface area (TPSA) is 122 Å². The number of carboxylic acids is 1. The number of urea groups is 1. The van der Waals surface area contributed by atoms with Gasteiger partial charge in [-0.15, -0.1) is 0 Å². The lowest BCUT2D eigenvalue weighted by atomic mass is 10.2. The molecular weight excluding hydrogens is 269 g/mol. The second kappa shape index (κ2) is 6.50. The number of primary amides is 1. The van der Waals surface area contributed by atoms with Gasteiger partial charge in [0, 0.05) is 0 Å². The Morgan fingerprint density at radius 1 is 1.40 bits per heavy atom. The number of aliphatic carboxylic acids is 1. The first-order valence-corrected chi connectivity index (χ1v) is 5.64. The normalized spacial score (nSPS) is 11.5. The lowest BCUT2D eigenvalue weighted by Gasteiger charge is -2.14. The summed E-state index contributed by atoms with van der Waals surface area (Å²) in [6.07, 6.45) is -0.556. The van der Waals surface area contributed by atoms with Gasteiger partial charge in [0.2, 0.25) is 5.91 Å². The summed E-state index contributed by atoms with van der Waals surface area (Å²) in [5.74, 6) is -2.94. The Labute approximate surface area is 114 Å². The van der Waals surface area contributed by atoms with Gasteiger partial charge >= 0.3 is 12.0 Å². The van der Waals surface area contributed by atoms with Crippen molar-refractivity contribution in [1.29, 1.82) is 0 Å². The molecule has 0 saturated heterocycles. The van der Waals surface area contributed by atoms with E-state index in [4.69, 9.17) is 10.8 Å². The van der Waals surface area contributed by atoms with Gasteiger partial charge in [-0.3, -0.25) is 4.79 Å². The fourth-order valence-corrected chi connectivity index (χ4v) is 1.44. The second-order valence-corrected chi connectivity index (χ2v) is 4.14. The van der Waals surface area contributed by atoms with Crippen LogP contribution in [0.2, 0.25) is 0 Å². The van der Waals surface area contributed by atoms with Gasteiger partial charge in [0.25, 0.3) is 0 Å². The molecule has 0 aliphatic heterocycles. The molecule has 108 valence electrons. The Morgan fingerprint density at radius 3 is 2.55 bits per heavy atom. The Hall–Kier alpha value is -2.64. The van der Waals surface area contributed by atoms with Crippen LogP contribution in [0, 0.1) is 12.7 Å². The minimum Gasteiger partial charge on any atom is -0.480 e. The van der Waals surface area contributed by atoms with Crippen LogP contribution in [0.4, 0.5) is 14.9 Å². The van der Waals surface area contributed by atoms with Crippen LogP contribution < -0.4 is 16.4 Å².